The minimum atomic E-state index is -0.543. The lowest BCUT2D eigenvalue weighted by Crippen LogP contribution is -2.49. The maximum atomic E-state index is 11.6. The van der Waals surface area contributed by atoms with Gasteiger partial charge in [-0.05, 0) is 45.0 Å². The molecule has 1 aromatic carbocycles. The standard InChI is InChI=1S/C17H23NO4/c1-11-3-4-15-13(9-11)16(19)14(10-22-15)18-7-5-12(6-8-18)17(20)21-2/h3-4,9,12,14,16,19H,5-8,10H2,1-2H3. The molecule has 2 aliphatic heterocycles. The number of hydrogen-bond donors (Lipinski definition) is 1. The number of methoxy groups -OCH3 is 1. The number of likely N-dealkylation sites (tertiary alicyclic amines) is 1. The van der Waals surface area contributed by atoms with Gasteiger partial charge in [-0.15, -0.1) is 0 Å². The quantitative estimate of drug-likeness (QED) is 0.842. The highest BCUT2D eigenvalue weighted by molar-refractivity contribution is 5.72. The third-order valence-electron chi connectivity index (χ3n) is 4.79. The molecule has 2 heterocycles. The van der Waals surface area contributed by atoms with Gasteiger partial charge in [0.25, 0.3) is 0 Å². The van der Waals surface area contributed by atoms with E-state index < -0.39 is 6.10 Å². The number of benzene rings is 1. The third kappa shape index (κ3) is 2.83. The van der Waals surface area contributed by atoms with Crippen molar-refractivity contribution in [2.75, 3.05) is 26.8 Å². The molecule has 1 N–H and O–H groups in total. The van der Waals surface area contributed by atoms with Crippen molar-refractivity contribution in [3.63, 3.8) is 0 Å². The van der Waals surface area contributed by atoms with Crippen molar-refractivity contribution in [3.8, 4) is 5.75 Å². The predicted octanol–water partition coefficient (Wildman–Crippen LogP) is 1.67. The minimum absolute atomic E-state index is 0.0163. The highest BCUT2D eigenvalue weighted by atomic mass is 16.5. The molecule has 5 nitrogen and oxygen atoms in total. The first kappa shape index (κ1) is 15.3. The van der Waals surface area contributed by atoms with Gasteiger partial charge in [0.05, 0.1) is 19.1 Å². The number of esters is 1. The maximum Gasteiger partial charge on any atom is 0.308 e. The van der Waals surface area contributed by atoms with E-state index in [1.165, 1.54) is 7.11 Å². The number of nitrogens with zero attached hydrogens (tertiary/aromatic N) is 1. The first-order valence-electron chi connectivity index (χ1n) is 7.83. The normalized spacial score (nSPS) is 26.1. The number of rotatable bonds is 2. The van der Waals surface area contributed by atoms with Crippen LogP contribution >= 0.6 is 0 Å². The van der Waals surface area contributed by atoms with E-state index in [0.29, 0.717) is 6.61 Å². The lowest BCUT2D eigenvalue weighted by atomic mass is 9.92. The monoisotopic (exact) mass is 305 g/mol. The molecule has 0 aromatic heterocycles. The second-order valence-corrected chi connectivity index (χ2v) is 6.20. The zero-order chi connectivity index (χ0) is 15.7. The van der Waals surface area contributed by atoms with Gasteiger partial charge in [-0.25, -0.2) is 0 Å². The summed E-state index contributed by atoms with van der Waals surface area (Å²) in [6.45, 7) is 4.07. The van der Waals surface area contributed by atoms with E-state index >= 15 is 0 Å². The maximum absolute atomic E-state index is 11.6. The number of aliphatic hydroxyl groups is 1. The molecule has 3 rings (SSSR count). The Morgan fingerprint density at radius 1 is 1.36 bits per heavy atom. The van der Waals surface area contributed by atoms with E-state index in [1.54, 1.807) is 0 Å². The second-order valence-electron chi connectivity index (χ2n) is 6.20. The fourth-order valence-electron chi connectivity index (χ4n) is 3.44. The summed E-state index contributed by atoms with van der Waals surface area (Å²) < 4.78 is 10.6. The number of piperidine rings is 1. The first-order chi connectivity index (χ1) is 10.6. The van der Waals surface area contributed by atoms with Gasteiger partial charge in [0.2, 0.25) is 0 Å². The lowest BCUT2D eigenvalue weighted by Gasteiger charge is -2.41. The predicted molar refractivity (Wildman–Crippen MR) is 81.7 cm³/mol. The Morgan fingerprint density at radius 2 is 2.09 bits per heavy atom. The molecule has 2 unspecified atom stereocenters. The summed E-state index contributed by atoms with van der Waals surface area (Å²) in [5.74, 6) is 0.636. The zero-order valence-electron chi connectivity index (χ0n) is 13.1. The van der Waals surface area contributed by atoms with Crippen molar-refractivity contribution < 1.29 is 19.4 Å². The molecule has 0 aliphatic carbocycles. The Labute approximate surface area is 130 Å². The topological polar surface area (TPSA) is 59.0 Å². The molecular formula is C17H23NO4. The van der Waals surface area contributed by atoms with Gasteiger partial charge in [0, 0.05) is 5.56 Å². The van der Waals surface area contributed by atoms with E-state index in [2.05, 4.69) is 4.90 Å². The highest BCUT2D eigenvalue weighted by Crippen LogP contribution is 2.36. The van der Waals surface area contributed by atoms with Gasteiger partial charge in [-0.2, -0.15) is 0 Å². The molecule has 5 heteroatoms. The van der Waals surface area contributed by atoms with Crippen molar-refractivity contribution in [2.45, 2.75) is 31.9 Å². The molecule has 0 bridgehead atoms. The number of aryl methyl sites for hydroxylation is 1. The Balaban J connectivity index is 1.68. The van der Waals surface area contributed by atoms with Gasteiger partial charge in [0.1, 0.15) is 18.5 Å². The first-order valence-corrected chi connectivity index (χ1v) is 7.83. The van der Waals surface area contributed by atoms with Crippen molar-refractivity contribution >= 4 is 5.97 Å². The molecule has 1 fully saturated rings. The molecule has 0 amide bonds. The fraction of sp³-hybridized carbons (Fsp3) is 0.588. The molecular weight excluding hydrogens is 282 g/mol. The average Bonchev–Trinajstić information content (AvgIpc) is 2.55. The summed E-state index contributed by atoms with van der Waals surface area (Å²) in [5.41, 5.74) is 1.98. The number of ether oxygens (including phenoxy) is 2. The van der Waals surface area contributed by atoms with Crippen LogP contribution in [-0.2, 0) is 9.53 Å². The van der Waals surface area contributed by atoms with Gasteiger partial charge in [-0.1, -0.05) is 11.6 Å². The van der Waals surface area contributed by atoms with Crippen LogP contribution in [0.4, 0.5) is 0 Å². The SMILES string of the molecule is COC(=O)C1CCN(C2COc3ccc(C)cc3C2O)CC1. The Morgan fingerprint density at radius 3 is 2.77 bits per heavy atom. The van der Waals surface area contributed by atoms with Crippen LogP contribution in [-0.4, -0.2) is 48.8 Å². The summed E-state index contributed by atoms with van der Waals surface area (Å²) in [5, 5.41) is 10.7. The van der Waals surface area contributed by atoms with Crippen molar-refractivity contribution in [1.29, 1.82) is 0 Å². The third-order valence-corrected chi connectivity index (χ3v) is 4.79. The summed E-state index contributed by atoms with van der Waals surface area (Å²) in [6, 6.07) is 5.86. The summed E-state index contributed by atoms with van der Waals surface area (Å²) in [7, 11) is 1.44. The Hall–Kier alpha value is -1.59. The van der Waals surface area contributed by atoms with E-state index in [0.717, 1.165) is 42.8 Å². The van der Waals surface area contributed by atoms with Gasteiger partial charge < -0.3 is 14.6 Å². The lowest BCUT2D eigenvalue weighted by molar-refractivity contribution is -0.147. The molecule has 0 spiro atoms. The van der Waals surface area contributed by atoms with Crippen LogP contribution in [0.25, 0.3) is 0 Å². The number of carbonyl (C=O) groups excluding carboxylic acids is 1. The summed E-state index contributed by atoms with van der Waals surface area (Å²) in [4.78, 5) is 13.8. The number of carbonyl (C=O) groups is 1. The van der Waals surface area contributed by atoms with E-state index in [-0.39, 0.29) is 17.9 Å². The van der Waals surface area contributed by atoms with Gasteiger partial charge in [-0.3, -0.25) is 9.69 Å². The van der Waals surface area contributed by atoms with E-state index in [9.17, 15) is 9.90 Å². The number of aliphatic hydroxyl groups excluding tert-OH is 1. The van der Waals surface area contributed by atoms with E-state index in [4.69, 9.17) is 9.47 Å². The van der Waals surface area contributed by atoms with Gasteiger partial charge in [0.15, 0.2) is 0 Å². The largest absolute Gasteiger partial charge is 0.491 e. The van der Waals surface area contributed by atoms with Crippen LogP contribution in [0.2, 0.25) is 0 Å². The molecule has 22 heavy (non-hydrogen) atoms. The minimum Gasteiger partial charge on any atom is -0.491 e. The molecule has 0 saturated carbocycles. The van der Waals surface area contributed by atoms with Crippen LogP contribution in [0.5, 0.6) is 5.75 Å². The molecule has 1 aromatic rings. The molecule has 120 valence electrons. The van der Waals surface area contributed by atoms with Crippen molar-refractivity contribution in [3.05, 3.63) is 29.3 Å². The number of fused-ring (bicyclic) bond motifs is 1. The molecule has 2 aliphatic rings. The molecule has 2 atom stereocenters. The zero-order valence-corrected chi connectivity index (χ0v) is 13.1. The Bertz CT molecular complexity index is 552. The van der Waals surface area contributed by atoms with E-state index in [1.807, 2.05) is 25.1 Å². The second kappa shape index (κ2) is 6.26. The van der Waals surface area contributed by atoms with Crippen LogP contribution in [0.15, 0.2) is 18.2 Å². The Kier molecular flexibility index (Phi) is 4.36. The van der Waals surface area contributed by atoms with Crippen molar-refractivity contribution in [2.24, 2.45) is 5.92 Å². The van der Waals surface area contributed by atoms with Crippen LogP contribution < -0.4 is 4.74 Å². The average molecular weight is 305 g/mol. The van der Waals surface area contributed by atoms with Crippen LogP contribution in [0.1, 0.15) is 30.1 Å². The van der Waals surface area contributed by atoms with Crippen LogP contribution in [0.3, 0.4) is 0 Å². The van der Waals surface area contributed by atoms with Gasteiger partial charge >= 0.3 is 5.97 Å². The molecule has 1 saturated heterocycles. The highest BCUT2D eigenvalue weighted by Gasteiger charge is 2.36. The van der Waals surface area contributed by atoms with Crippen LogP contribution in [0, 0.1) is 12.8 Å². The summed E-state index contributed by atoms with van der Waals surface area (Å²) >= 11 is 0. The molecule has 0 radical (unpaired) electrons. The number of hydrogen-bond acceptors (Lipinski definition) is 5. The smallest absolute Gasteiger partial charge is 0.308 e. The fourth-order valence-corrected chi connectivity index (χ4v) is 3.44. The summed E-state index contributed by atoms with van der Waals surface area (Å²) in [6.07, 6.45) is 1.01. The van der Waals surface area contributed by atoms with Crippen molar-refractivity contribution in [1.82, 2.24) is 4.90 Å².